The fourth-order valence-corrected chi connectivity index (χ4v) is 2.10. The van der Waals surface area contributed by atoms with Gasteiger partial charge in [0, 0.05) is 12.1 Å². The molecule has 1 aromatic carbocycles. The molecule has 1 heterocycles. The number of alkyl halides is 1. The SMILES string of the molecule is CC(Cl)c1nnc(N(C)C(C)c2ccccc2Cl)o1. The summed E-state index contributed by atoms with van der Waals surface area (Å²) >= 11 is 12.1. The lowest BCUT2D eigenvalue weighted by Crippen LogP contribution is -2.22. The van der Waals surface area contributed by atoms with E-state index in [0.717, 1.165) is 5.56 Å². The minimum Gasteiger partial charge on any atom is -0.406 e. The van der Waals surface area contributed by atoms with E-state index in [1.165, 1.54) is 0 Å². The van der Waals surface area contributed by atoms with Crippen LogP contribution in [0.4, 0.5) is 6.01 Å². The number of benzene rings is 1. The molecule has 6 heteroatoms. The molecule has 0 bridgehead atoms. The van der Waals surface area contributed by atoms with Crippen molar-refractivity contribution in [1.29, 1.82) is 0 Å². The molecule has 2 atom stereocenters. The van der Waals surface area contributed by atoms with Crippen LogP contribution in [0.2, 0.25) is 5.02 Å². The smallest absolute Gasteiger partial charge is 0.318 e. The van der Waals surface area contributed by atoms with E-state index in [2.05, 4.69) is 10.2 Å². The van der Waals surface area contributed by atoms with Gasteiger partial charge in [-0.1, -0.05) is 34.9 Å². The molecule has 0 saturated carbocycles. The number of nitrogens with zero attached hydrogens (tertiary/aromatic N) is 3. The maximum Gasteiger partial charge on any atom is 0.318 e. The van der Waals surface area contributed by atoms with Crippen molar-refractivity contribution in [2.24, 2.45) is 0 Å². The highest BCUT2D eigenvalue weighted by Crippen LogP contribution is 2.30. The highest BCUT2D eigenvalue weighted by molar-refractivity contribution is 6.31. The van der Waals surface area contributed by atoms with E-state index in [1.807, 2.05) is 43.1 Å². The molecule has 19 heavy (non-hydrogen) atoms. The molecule has 2 aromatic rings. The Morgan fingerprint density at radius 1 is 1.21 bits per heavy atom. The molecule has 2 rings (SSSR count). The fourth-order valence-electron chi connectivity index (χ4n) is 1.72. The van der Waals surface area contributed by atoms with Gasteiger partial charge in [0.05, 0.1) is 6.04 Å². The van der Waals surface area contributed by atoms with Crippen LogP contribution in [0, 0.1) is 0 Å². The number of aromatic nitrogens is 2. The first-order chi connectivity index (χ1) is 9.00. The third-order valence-corrected chi connectivity index (χ3v) is 3.54. The highest BCUT2D eigenvalue weighted by atomic mass is 35.5. The predicted octanol–water partition coefficient (Wildman–Crippen LogP) is 4.22. The summed E-state index contributed by atoms with van der Waals surface area (Å²) in [6.45, 7) is 3.81. The summed E-state index contributed by atoms with van der Waals surface area (Å²) in [7, 11) is 1.88. The largest absolute Gasteiger partial charge is 0.406 e. The average molecular weight is 300 g/mol. The van der Waals surface area contributed by atoms with Crippen molar-refractivity contribution >= 4 is 29.2 Å². The van der Waals surface area contributed by atoms with Crippen LogP contribution in [0.3, 0.4) is 0 Å². The molecule has 2 unspecified atom stereocenters. The van der Waals surface area contributed by atoms with Gasteiger partial charge in [-0.05, 0) is 25.5 Å². The summed E-state index contributed by atoms with van der Waals surface area (Å²) in [5, 5.41) is 8.32. The van der Waals surface area contributed by atoms with Crippen molar-refractivity contribution in [3.63, 3.8) is 0 Å². The van der Waals surface area contributed by atoms with Crippen LogP contribution in [-0.2, 0) is 0 Å². The number of halogens is 2. The standard InChI is InChI=1S/C13H15Cl2N3O/c1-8(14)12-16-17-13(19-12)18(3)9(2)10-6-4-5-7-11(10)15/h4-9H,1-3H3. The molecular formula is C13H15Cl2N3O. The monoisotopic (exact) mass is 299 g/mol. The van der Waals surface area contributed by atoms with Crippen molar-refractivity contribution in [3.05, 3.63) is 40.7 Å². The van der Waals surface area contributed by atoms with Crippen LogP contribution in [0.1, 0.15) is 36.7 Å². The number of hydrogen-bond acceptors (Lipinski definition) is 4. The second kappa shape index (κ2) is 5.80. The zero-order valence-corrected chi connectivity index (χ0v) is 12.5. The Bertz CT molecular complexity index is 556. The molecule has 0 aliphatic heterocycles. The first-order valence-electron chi connectivity index (χ1n) is 5.95. The van der Waals surface area contributed by atoms with Gasteiger partial charge < -0.3 is 9.32 Å². The van der Waals surface area contributed by atoms with Crippen LogP contribution in [0.15, 0.2) is 28.7 Å². The fraction of sp³-hybridized carbons (Fsp3) is 0.385. The van der Waals surface area contributed by atoms with Crippen LogP contribution >= 0.6 is 23.2 Å². The second-order valence-electron chi connectivity index (χ2n) is 4.35. The van der Waals surface area contributed by atoms with Crippen molar-refractivity contribution in [2.45, 2.75) is 25.3 Å². The topological polar surface area (TPSA) is 42.2 Å². The van der Waals surface area contributed by atoms with E-state index < -0.39 is 0 Å². The summed E-state index contributed by atoms with van der Waals surface area (Å²) in [6.07, 6.45) is 0. The number of rotatable bonds is 4. The zero-order chi connectivity index (χ0) is 14.0. The van der Waals surface area contributed by atoms with Crippen molar-refractivity contribution < 1.29 is 4.42 Å². The summed E-state index contributed by atoms with van der Waals surface area (Å²) in [5.74, 6) is 0.412. The molecule has 102 valence electrons. The first kappa shape index (κ1) is 14.2. The van der Waals surface area contributed by atoms with Gasteiger partial charge in [-0.25, -0.2) is 0 Å². The Labute approximate surface area is 122 Å². The van der Waals surface area contributed by atoms with Gasteiger partial charge in [0.25, 0.3) is 0 Å². The Hall–Kier alpha value is -1.26. The molecule has 0 N–H and O–H groups in total. The lowest BCUT2D eigenvalue weighted by molar-refractivity contribution is 0.479. The summed E-state index contributed by atoms with van der Waals surface area (Å²) < 4.78 is 5.52. The van der Waals surface area contributed by atoms with E-state index >= 15 is 0 Å². The molecule has 0 amide bonds. The predicted molar refractivity (Wildman–Crippen MR) is 76.8 cm³/mol. The molecule has 4 nitrogen and oxygen atoms in total. The van der Waals surface area contributed by atoms with Gasteiger partial charge in [-0.15, -0.1) is 16.7 Å². The maximum atomic E-state index is 6.19. The van der Waals surface area contributed by atoms with Gasteiger partial charge in [-0.3, -0.25) is 0 Å². The van der Waals surface area contributed by atoms with Crippen LogP contribution in [0.5, 0.6) is 0 Å². The maximum absolute atomic E-state index is 6.19. The van der Waals surface area contributed by atoms with Gasteiger partial charge in [-0.2, -0.15) is 0 Å². The normalized spacial score (nSPS) is 14.2. The highest BCUT2D eigenvalue weighted by Gasteiger charge is 2.20. The summed E-state index contributed by atoms with van der Waals surface area (Å²) in [6, 6.07) is 8.14. The lowest BCUT2D eigenvalue weighted by Gasteiger charge is -2.23. The van der Waals surface area contributed by atoms with Gasteiger partial charge in [0.15, 0.2) is 0 Å². The van der Waals surface area contributed by atoms with Gasteiger partial charge in [0.2, 0.25) is 5.89 Å². The molecule has 0 fully saturated rings. The Kier molecular flexibility index (Phi) is 4.32. The average Bonchev–Trinajstić information content (AvgIpc) is 2.87. The molecule has 0 spiro atoms. The zero-order valence-electron chi connectivity index (χ0n) is 11.0. The van der Waals surface area contributed by atoms with E-state index in [4.69, 9.17) is 27.6 Å². The van der Waals surface area contributed by atoms with Gasteiger partial charge >= 0.3 is 6.01 Å². The summed E-state index contributed by atoms with van der Waals surface area (Å²) in [4.78, 5) is 1.87. The Morgan fingerprint density at radius 3 is 2.47 bits per heavy atom. The van der Waals surface area contributed by atoms with E-state index in [9.17, 15) is 0 Å². The van der Waals surface area contributed by atoms with Crippen molar-refractivity contribution in [1.82, 2.24) is 10.2 Å². The third kappa shape index (κ3) is 3.01. The summed E-state index contributed by atoms with van der Waals surface area (Å²) in [5.41, 5.74) is 1.00. The molecule has 0 aliphatic carbocycles. The van der Waals surface area contributed by atoms with Crippen LogP contribution in [0.25, 0.3) is 0 Å². The lowest BCUT2D eigenvalue weighted by atomic mass is 10.1. The second-order valence-corrected chi connectivity index (χ2v) is 5.41. The van der Waals surface area contributed by atoms with E-state index in [-0.39, 0.29) is 11.4 Å². The Balaban J connectivity index is 2.23. The van der Waals surface area contributed by atoms with Crippen molar-refractivity contribution in [2.75, 3.05) is 11.9 Å². The minimum atomic E-state index is -0.301. The quantitative estimate of drug-likeness (QED) is 0.793. The third-order valence-electron chi connectivity index (χ3n) is 3.01. The minimum absolute atomic E-state index is 0.0210. The molecule has 1 aromatic heterocycles. The molecular weight excluding hydrogens is 285 g/mol. The number of hydrogen-bond donors (Lipinski definition) is 0. The van der Waals surface area contributed by atoms with Crippen LogP contribution < -0.4 is 4.90 Å². The van der Waals surface area contributed by atoms with Crippen LogP contribution in [-0.4, -0.2) is 17.2 Å². The van der Waals surface area contributed by atoms with E-state index in [0.29, 0.717) is 16.9 Å². The molecule has 0 saturated heterocycles. The molecule has 0 aliphatic rings. The van der Waals surface area contributed by atoms with Gasteiger partial charge in [0.1, 0.15) is 5.38 Å². The van der Waals surface area contributed by atoms with E-state index in [1.54, 1.807) is 6.92 Å². The Morgan fingerprint density at radius 2 is 1.89 bits per heavy atom. The number of anilines is 1. The van der Waals surface area contributed by atoms with Crippen molar-refractivity contribution in [3.8, 4) is 0 Å². The first-order valence-corrected chi connectivity index (χ1v) is 6.77. The molecule has 0 radical (unpaired) electrons.